The van der Waals surface area contributed by atoms with E-state index < -0.39 is 0 Å². The highest BCUT2D eigenvalue weighted by atomic mass is 16.5. The van der Waals surface area contributed by atoms with Gasteiger partial charge in [0.25, 0.3) is 0 Å². The first-order valence-corrected chi connectivity index (χ1v) is 6.70. The van der Waals surface area contributed by atoms with Crippen molar-refractivity contribution in [2.75, 3.05) is 7.11 Å². The van der Waals surface area contributed by atoms with E-state index in [1.165, 1.54) is 0 Å². The molecule has 5 heteroatoms. The maximum atomic E-state index is 6.27. The maximum absolute atomic E-state index is 6.27. The van der Waals surface area contributed by atoms with Crippen LogP contribution < -0.4 is 15.2 Å². The third-order valence-corrected chi connectivity index (χ3v) is 3.79. The molecule has 2 N–H and O–H groups in total. The van der Waals surface area contributed by atoms with Crippen molar-refractivity contribution in [2.24, 2.45) is 12.8 Å². The van der Waals surface area contributed by atoms with Crippen LogP contribution in [0.1, 0.15) is 35.4 Å². The molecule has 0 aliphatic carbocycles. The summed E-state index contributed by atoms with van der Waals surface area (Å²) in [6.45, 7) is 1.97. The Kier molecular flexibility index (Phi) is 3.14. The molecule has 2 aromatic rings. The highest BCUT2D eigenvalue weighted by molar-refractivity contribution is 5.41. The number of nitrogens with two attached hydrogens (primary N) is 1. The fraction of sp³-hybridized carbons (Fsp3) is 0.400. The van der Waals surface area contributed by atoms with E-state index in [2.05, 4.69) is 5.10 Å². The van der Waals surface area contributed by atoms with Crippen LogP contribution in [0, 0.1) is 6.92 Å². The van der Waals surface area contributed by atoms with Gasteiger partial charge in [0, 0.05) is 25.1 Å². The van der Waals surface area contributed by atoms with Gasteiger partial charge in [-0.1, -0.05) is 18.2 Å². The molecule has 20 heavy (non-hydrogen) atoms. The molecule has 2 unspecified atom stereocenters. The Morgan fingerprint density at radius 3 is 2.90 bits per heavy atom. The van der Waals surface area contributed by atoms with Crippen molar-refractivity contribution in [3.8, 4) is 11.6 Å². The number of rotatable bonds is 2. The van der Waals surface area contributed by atoms with E-state index in [0.29, 0.717) is 0 Å². The minimum absolute atomic E-state index is 0.0331. The second-order valence-corrected chi connectivity index (χ2v) is 5.12. The molecule has 0 fully saturated rings. The number of aromatic nitrogens is 2. The molecule has 1 aliphatic heterocycles. The lowest BCUT2D eigenvalue weighted by Gasteiger charge is -2.30. The zero-order valence-corrected chi connectivity index (χ0v) is 12.0. The Balaban J connectivity index is 2.02. The van der Waals surface area contributed by atoms with Gasteiger partial charge in [-0.15, -0.1) is 0 Å². The molecule has 2 atom stereocenters. The number of aryl methyl sites for hydroxylation is 2. The molecule has 0 saturated carbocycles. The summed E-state index contributed by atoms with van der Waals surface area (Å²) in [7, 11) is 3.52. The Morgan fingerprint density at radius 1 is 1.40 bits per heavy atom. The molecule has 5 nitrogen and oxygen atoms in total. The van der Waals surface area contributed by atoms with E-state index in [1.54, 1.807) is 11.8 Å². The first-order valence-electron chi connectivity index (χ1n) is 6.70. The molecule has 0 radical (unpaired) electrons. The molecule has 0 bridgehead atoms. The van der Waals surface area contributed by atoms with Crippen LogP contribution in [0.2, 0.25) is 0 Å². The summed E-state index contributed by atoms with van der Waals surface area (Å²) in [4.78, 5) is 0. The highest BCUT2D eigenvalue weighted by Gasteiger charge is 2.32. The van der Waals surface area contributed by atoms with Gasteiger partial charge in [-0.2, -0.15) is 5.10 Å². The summed E-state index contributed by atoms with van der Waals surface area (Å²) in [5.74, 6) is 1.58. The van der Waals surface area contributed by atoms with E-state index in [1.807, 2.05) is 38.2 Å². The molecule has 1 aliphatic rings. The first-order chi connectivity index (χ1) is 9.61. The number of methoxy groups -OCH3 is 1. The summed E-state index contributed by atoms with van der Waals surface area (Å²) in [5.41, 5.74) is 9.24. The molecule has 0 spiro atoms. The minimum atomic E-state index is -0.122. The van der Waals surface area contributed by atoms with Gasteiger partial charge in [0.1, 0.15) is 11.9 Å². The van der Waals surface area contributed by atoms with Crippen molar-refractivity contribution in [1.82, 2.24) is 9.78 Å². The van der Waals surface area contributed by atoms with E-state index in [-0.39, 0.29) is 12.1 Å². The zero-order valence-electron chi connectivity index (χ0n) is 12.0. The second kappa shape index (κ2) is 4.83. The average Bonchev–Trinajstić information content (AvgIpc) is 2.72. The van der Waals surface area contributed by atoms with Crippen LogP contribution in [0.3, 0.4) is 0 Å². The van der Waals surface area contributed by atoms with Gasteiger partial charge >= 0.3 is 0 Å². The predicted molar refractivity (Wildman–Crippen MR) is 75.9 cm³/mol. The molecule has 2 heterocycles. The molecule has 1 aromatic carbocycles. The molecule has 3 rings (SSSR count). The van der Waals surface area contributed by atoms with Crippen LogP contribution in [-0.2, 0) is 7.05 Å². The number of para-hydroxylation sites is 1. The fourth-order valence-electron chi connectivity index (χ4n) is 2.90. The van der Waals surface area contributed by atoms with E-state index in [4.69, 9.17) is 15.2 Å². The number of hydrogen-bond donors (Lipinski definition) is 1. The average molecular weight is 273 g/mol. The van der Waals surface area contributed by atoms with Crippen molar-refractivity contribution >= 4 is 0 Å². The quantitative estimate of drug-likeness (QED) is 0.911. The topological polar surface area (TPSA) is 62.3 Å². The van der Waals surface area contributed by atoms with Gasteiger partial charge in [0.2, 0.25) is 5.88 Å². The molecular weight excluding hydrogens is 254 g/mol. The Bertz CT molecular complexity index is 636. The van der Waals surface area contributed by atoms with Crippen molar-refractivity contribution in [3.05, 3.63) is 41.1 Å². The van der Waals surface area contributed by atoms with Crippen LogP contribution in [0.15, 0.2) is 24.3 Å². The van der Waals surface area contributed by atoms with E-state index in [9.17, 15) is 0 Å². The third-order valence-electron chi connectivity index (χ3n) is 3.79. The van der Waals surface area contributed by atoms with Crippen LogP contribution in [-0.4, -0.2) is 16.9 Å². The van der Waals surface area contributed by atoms with Crippen molar-refractivity contribution in [2.45, 2.75) is 25.5 Å². The van der Waals surface area contributed by atoms with Crippen molar-refractivity contribution < 1.29 is 9.47 Å². The summed E-state index contributed by atoms with van der Waals surface area (Å²) in [6, 6.07) is 7.89. The van der Waals surface area contributed by atoms with Gasteiger partial charge in [0.15, 0.2) is 0 Å². The SMILES string of the molecule is COc1c(C2CC(N)c3ccccc3O2)c(C)nn1C. The maximum Gasteiger partial charge on any atom is 0.218 e. The lowest BCUT2D eigenvalue weighted by molar-refractivity contribution is 0.156. The number of hydrogen-bond acceptors (Lipinski definition) is 4. The zero-order chi connectivity index (χ0) is 14.3. The van der Waals surface area contributed by atoms with Gasteiger partial charge in [0.05, 0.1) is 18.4 Å². The highest BCUT2D eigenvalue weighted by Crippen LogP contribution is 2.42. The van der Waals surface area contributed by atoms with Crippen molar-refractivity contribution in [1.29, 1.82) is 0 Å². The number of benzene rings is 1. The molecule has 0 saturated heterocycles. The largest absolute Gasteiger partial charge is 0.485 e. The number of nitrogens with zero attached hydrogens (tertiary/aromatic N) is 2. The van der Waals surface area contributed by atoms with Gasteiger partial charge in [-0.3, -0.25) is 0 Å². The summed E-state index contributed by atoms with van der Waals surface area (Å²) >= 11 is 0. The van der Waals surface area contributed by atoms with E-state index >= 15 is 0 Å². The Labute approximate surface area is 118 Å². The van der Waals surface area contributed by atoms with Gasteiger partial charge < -0.3 is 15.2 Å². The standard InChI is InChI=1S/C15H19N3O2/c1-9-14(15(19-3)18(2)17-9)13-8-11(16)10-6-4-5-7-12(10)20-13/h4-7,11,13H,8,16H2,1-3H3. The van der Waals surface area contributed by atoms with E-state index in [0.717, 1.165) is 34.9 Å². The summed E-state index contributed by atoms with van der Waals surface area (Å²) in [5, 5.41) is 4.41. The van der Waals surface area contributed by atoms with Gasteiger partial charge in [-0.05, 0) is 13.0 Å². The third kappa shape index (κ3) is 1.94. The lowest BCUT2D eigenvalue weighted by atomic mass is 9.93. The minimum Gasteiger partial charge on any atom is -0.485 e. The predicted octanol–water partition coefficient (Wildman–Crippen LogP) is 2.26. The number of ether oxygens (including phenoxy) is 2. The second-order valence-electron chi connectivity index (χ2n) is 5.12. The first kappa shape index (κ1) is 13.0. The van der Waals surface area contributed by atoms with Gasteiger partial charge in [-0.25, -0.2) is 4.68 Å². The Hall–Kier alpha value is -2.01. The molecule has 1 aromatic heterocycles. The smallest absolute Gasteiger partial charge is 0.218 e. The molecule has 0 amide bonds. The monoisotopic (exact) mass is 273 g/mol. The molecular formula is C15H19N3O2. The normalized spacial score (nSPS) is 21.2. The fourth-order valence-corrected chi connectivity index (χ4v) is 2.90. The van der Waals surface area contributed by atoms with Crippen LogP contribution in [0.4, 0.5) is 0 Å². The van der Waals surface area contributed by atoms with Crippen LogP contribution >= 0.6 is 0 Å². The summed E-state index contributed by atoms with van der Waals surface area (Å²) < 4.78 is 13.3. The van der Waals surface area contributed by atoms with Crippen molar-refractivity contribution in [3.63, 3.8) is 0 Å². The van der Waals surface area contributed by atoms with Crippen LogP contribution in [0.5, 0.6) is 11.6 Å². The Morgan fingerprint density at radius 2 is 2.15 bits per heavy atom. The van der Waals surface area contributed by atoms with Crippen LogP contribution in [0.25, 0.3) is 0 Å². The molecule has 106 valence electrons. The lowest BCUT2D eigenvalue weighted by Crippen LogP contribution is -2.24. The number of fused-ring (bicyclic) bond motifs is 1. The summed E-state index contributed by atoms with van der Waals surface area (Å²) in [6.07, 6.45) is 0.600.